The maximum Gasteiger partial charge on any atom is 0.416 e. The van der Waals surface area contributed by atoms with E-state index in [2.05, 4.69) is 5.32 Å². The molecular weight excluding hydrogens is 524 g/mol. The molecule has 3 aromatic rings. The first kappa shape index (κ1) is 27.1. The van der Waals surface area contributed by atoms with Gasteiger partial charge in [-0.05, 0) is 53.6 Å². The van der Waals surface area contributed by atoms with Crippen LogP contribution < -0.4 is 5.32 Å². The second kappa shape index (κ2) is 10.3. The van der Waals surface area contributed by atoms with Crippen LogP contribution in [0.2, 0.25) is 5.02 Å². The molecule has 12 heteroatoms. The van der Waals surface area contributed by atoms with Gasteiger partial charge in [-0.2, -0.15) is 18.4 Å². The Kier molecular flexibility index (Phi) is 7.73. The van der Waals surface area contributed by atoms with Crippen molar-refractivity contribution in [2.45, 2.75) is 17.5 Å². The molecule has 0 saturated carbocycles. The van der Waals surface area contributed by atoms with Crippen LogP contribution in [0, 0.1) is 17.1 Å². The number of carbonyl (C=O) groups is 1. The summed E-state index contributed by atoms with van der Waals surface area (Å²) in [5.74, 6) is -3.73. The van der Waals surface area contributed by atoms with Gasteiger partial charge in [0, 0.05) is 5.69 Å². The molecule has 3 rings (SSSR count). The highest BCUT2D eigenvalue weighted by Crippen LogP contribution is 2.33. The molecule has 0 fully saturated rings. The van der Waals surface area contributed by atoms with E-state index in [4.69, 9.17) is 16.9 Å². The monoisotopic (exact) mass is 540 g/mol. The van der Waals surface area contributed by atoms with Crippen molar-refractivity contribution in [2.75, 3.05) is 11.1 Å². The van der Waals surface area contributed by atoms with Gasteiger partial charge in [-0.25, -0.2) is 12.8 Å². The van der Waals surface area contributed by atoms with E-state index >= 15 is 0 Å². The van der Waals surface area contributed by atoms with Crippen molar-refractivity contribution >= 4 is 33.0 Å². The van der Waals surface area contributed by atoms with E-state index in [1.54, 1.807) is 0 Å². The minimum absolute atomic E-state index is 0.00488. The van der Waals surface area contributed by atoms with E-state index in [1.165, 1.54) is 30.3 Å². The van der Waals surface area contributed by atoms with Crippen molar-refractivity contribution in [3.8, 4) is 6.07 Å². The van der Waals surface area contributed by atoms with E-state index < -0.39 is 56.0 Å². The Bertz CT molecular complexity index is 1420. The van der Waals surface area contributed by atoms with Crippen molar-refractivity contribution in [3.05, 3.63) is 99.8 Å². The van der Waals surface area contributed by atoms with Crippen molar-refractivity contribution in [2.24, 2.45) is 0 Å². The fourth-order valence-electron chi connectivity index (χ4n) is 3.34. The van der Waals surface area contributed by atoms with Gasteiger partial charge in [-0.3, -0.25) is 4.79 Å². The lowest BCUT2D eigenvalue weighted by molar-refractivity contribution is -0.137. The van der Waals surface area contributed by atoms with Crippen LogP contribution in [-0.2, 0) is 32.2 Å². The highest BCUT2D eigenvalue weighted by molar-refractivity contribution is 7.90. The summed E-state index contributed by atoms with van der Waals surface area (Å²) in [6, 6.07) is 12.9. The third-order valence-electron chi connectivity index (χ3n) is 5.14. The van der Waals surface area contributed by atoms with Crippen molar-refractivity contribution in [1.82, 2.24) is 0 Å². The maximum absolute atomic E-state index is 13.2. The molecule has 0 aliphatic rings. The topological polar surface area (TPSA) is 107 Å². The zero-order valence-electron chi connectivity index (χ0n) is 18.2. The Balaban J connectivity index is 1.99. The average Bonchev–Trinajstić information content (AvgIpc) is 2.79. The lowest BCUT2D eigenvalue weighted by atomic mass is 9.93. The number of rotatable bonds is 7. The fraction of sp³-hybridized carbons (Fsp3) is 0.167. The number of hydrogen-bond acceptors (Lipinski definition) is 5. The molecular formula is C24H17ClF4N2O4S. The van der Waals surface area contributed by atoms with Gasteiger partial charge in [0.1, 0.15) is 11.9 Å². The third-order valence-corrected chi connectivity index (χ3v) is 7.08. The van der Waals surface area contributed by atoms with Gasteiger partial charge in [0.15, 0.2) is 15.4 Å². The summed E-state index contributed by atoms with van der Waals surface area (Å²) in [5.41, 5.74) is -4.02. The van der Waals surface area contributed by atoms with Crippen LogP contribution in [0.3, 0.4) is 0 Å². The fourth-order valence-corrected chi connectivity index (χ4v) is 5.30. The van der Waals surface area contributed by atoms with Crippen molar-refractivity contribution < 1.29 is 35.9 Å². The number of nitriles is 1. The normalized spacial score (nSPS) is 13.5. The van der Waals surface area contributed by atoms with E-state index in [1.807, 2.05) is 6.07 Å². The Morgan fingerprint density at radius 2 is 1.58 bits per heavy atom. The number of amides is 1. The first-order valence-electron chi connectivity index (χ1n) is 10.1. The molecule has 3 aromatic carbocycles. The maximum atomic E-state index is 13.2. The smallest absolute Gasteiger partial charge is 0.374 e. The van der Waals surface area contributed by atoms with Crippen molar-refractivity contribution in [1.29, 1.82) is 5.26 Å². The molecule has 0 aliphatic carbocycles. The molecule has 36 heavy (non-hydrogen) atoms. The molecule has 0 aromatic heterocycles. The molecule has 2 N–H and O–H groups in total. The van der Waals surface area contributed by atoms with E-state index in [9.17, 15) is 35.9 Å². The summed E-state index contributed by atoms with van der Waals surface area (Å²) in [7, 11) is -4.27. The van der Waals surface area contributed by atoms with Gasteiger partial charge < -0.3 is 10.4 Å². The number of nitrogens with one attached hydrogen (secondary N) is 1. The number of anilines is 1. The molecule has 1 atom stereocenters. The van der Waals surface area contributed by atoms with Crippen LogP contribution in [0.1, 0.15) is 22.3 Å². The minimum atomic E-state index is -4.70. The van der Waals surface area contributed by atoms with Gasteiger partial charge in [0.05, 0.1) is 27.7 Å². The molecule has 188 valence electrons. The van der Waals surface area contributed by atoms with E-state index in [0.717, 1.165) is 24.3 Å². The van der Waals surface area contributed by atoms with Crippen LogP contribution in [0.5, 0.6) is 0 Å². The number of hydrogen-bond donors (Lipinski definition) is 2. The molecule has 0 bridgehead atoms. The van der Waals surface area contributed by atoms with Crippen LogP contribution in [0.25, 0.3) is 0 Å². The first-order chi connectivity index (χ1) is 16.7. The summed E-state index contributed by atoms with van der Waals surface area (Å²) in [4.78, 5) is 13.2. The zero-order valence-corrected chi connectivity index (χ0v) is 19.8. The van der Waals surface area contributed by atoms with Gasteiger partial charge in [-0.15, -0.1) is 0 Å². The number of aliphatic hydroxyl groups is 1. The molecule has 0 radical (unpaired) electrons. The first-order valence-corrected chi connectivity index (χ1v) is 12.3. The quantitative estimate of drug-likeness (QED) is 0.418. The molecule has 0 heterocycles. The lowest BCUT2D eigenvalue weighted by Crippen LogP contribution is -2.46. The Hall–Kier alpha value is -3.46. The van der Waals surface area contributed by atoms with Crippen molar-refractivity contribution in [3.63, 3.8) is 0 Å². The number of sulfone groups is 1. The number of benzene rings is 3. The third kappa shape index (κ3) is 6.40. The zero-order chi connectivity index (χ0) is 26.7. The minimum Gasteiger partial charge on any atom is -0.374 e. The summed E-state index contributed by atoms with van der Waals surface area (Å²) in [6.07, 6.45) is -4.70. The molecule has 6 nitrogen and oxygen atoms in total. The molecule has 1 amide bonds. The highest BCUT2D eigenvalue weighted by atomic mass is 35.5. The van der Waals surface area contributed by atoms with Gasteiger partial charge in [0.2, 0.25) is 0 Å². The average molecular weight is 541 g/mol. The Morgan fingerprint density at radius 3 is 2.11 bits per heavy atom. The lowest BCUT2D eigenvalue weighted by Gasteiger charge is -2.28. The van der Waals surface area contributed by atoms with Crippen LogP contribution in [-0.4, -0.2) is 25.2 Å². The number of halogens is 5. The molecule has 0 saturated heterocycles. The van der Waals surface area contributed by atoms with Gasteiger partial charge in [-0.1, -0.05) is 35.9 Å². The van der Waals surface area contributed by atoms with E-state index in [0.29, 0.717) is 12.1 Å². The predicted octanol–water partition coefficient (Wildman–Crippen LogP) is 4.81. The van der Waals surface area contributed by atoms with E-state index in [-0.39, 0.29) is 21.8 Å². The van der Waals surface area contributed by atoms with Crippen LogP contribution in [0.15, 0.2) is 66.7 Å². The molecule has 1 unspecified atom stereocenters. The Labute approximate surface area is 208 Å². The number of nitrogens with zero attached hydrogens (tertiary/aromatic N) is 1. The van der Waals surface area contributed by atoms with Crippen LogP contribution >= 0.6 is 11.6 Å². The van der Waals surface area contributed by atoms with Gasteiger partial charge >= 0.3 is 6.18 Å². The largest absolute Gasteiger partial charge is 0.416 e. The molecule has 0 aliphatic heterocycles. The second-order valence-corrected chi connectivity index (χ2v) is 10.3. The Morgan fingerprint density at radius 1 is 1.00 bits per heavy atom. The summed E-state index contributed by atoms with van der Waals surface area (Å²) >= 11 is 5.95. The predicted molar refractivity (Wildman–Crippen MR) is 124 cm³/mol. The summed E-state index contributed by atoms with van der Waals surface area (Å²) in [6.45, 7) is 0. The number of alkyl halides is 3. The van der Waals surface area contributed by atoms with Gasteiger partial charge in [0.25, 0.3) is 5.91 Å². The second-order valence-electron chi connectivity index (χ2n) is 7.85. The number of carbonyl (C=O) groups excluding carboxylic acids is 1. The standard InChI is InChI=1S/C24H17ClF4N2O4S/c25-21-11-20(10-3-16(21)12-30)31-22(32)23(33,17-4-6-18(7-5-17)24(27,28)29)14-36(34,35)13-15-1-8-19(26)9-2-15/h1-11,33H,13-14H2,(H,31,32). The summed E-state index contributed by atoms with van der Waals surface area (Å²) in [5, 5.41) is 22.6. The molecule has 0 spiro atoms. The highest BCUT2D eigenvalue weighted by Gasteiger charge is 2.43. The summed E-state index contributed by atoms with van der Waals surface area (Å²) < 4.78 is 78.0. The SMILES string of the molecule is N#Cc1ccc(NC(=O)C(O)(CS(=O)(=O)Cc2ccc(F)cc2)c2ccc(C(F)(F)F)cc2)cc1Cl. The van der Waals surface area contributed by atoms with Crippen LogP contribution in [0.4, 0.5) is 23.2 Å².